The van der Waals surface area contributed by atoms with Crippen LogP contribution < -0.4 is 4.74 Å². The van der Waals surface area contributed by atoms with E-state index in [0.717, 1.165) is 12.8 Å². The van der Waals surface area contributed by atoms with Gasteiger partial charge >= 0.3 is 5.97 Å². The quantitative estimate of drug-likeness (QED) is 0.839. The van der Waals surface area contributed by atoms with Gasteiger partial charge in [0.15, 0.2) is 0 Å². The van der Waals surface area contributed by atoms with E-state index in [4.69, 9.17) is 21.4 Å². The minimum atomic E-state index is -0.714. The molecule has 1 fully saturated rings. The zero-order valence-corrected chi connectivity index (χ0v) is 9.93. The number of aliphatic carboxylic acids is 1. The lowest BCUT2D eigenvalue weighted by Crippen LogP contribution is -2.28. The van der Waals surface area contributed by atoms with Crippen molar-refractivity contribution in [1.29, 1.82) is 0 Å². The lowest BCUT2D eigenvalue weighted by Gasteiger charge is -2.26. The minimum absolute atomic E-state index is 0.0246. The van der Waals surface area contributed by atoms with Crippen LogP contribution >= 0.6 is 11.6 Å². The number of carboxylic acid groups (broad SMARTS) is 1. The van der Waals surface area contributed by atoms with E-state index >= 15 is 0 Å². The molecule has 0 radical (unpaired) electrons. The Balaban J connectivity index is 1.88. The minimum Gasteiger partial charge on any atom is -0.481 e. The van der Waals surface area contributed by atoms with Crippen molar-refractivity contribution in [2.24, 2.45) is 5.92 Å². The van der Waals surface area contributed by atoms with Gasteiger partial charge in [0.1, 0.15) is 6.10 Å². The Kier molecular flexibility index (Phi) is 3.78. The van der Waals surface area contributed by atoms with E-state index in [1.165, 1.54) is 6.20 Å². The topological polar surface area (TPSA) is 72.3 Å². The van der Waals surface area contributed by atoms with E-state index < -0.39 is 5.97 Å². The predicted octanol–water partition coefficient (Wildman–Crippen LogP) is 2.15. The van der Waals surface area contributed by atoms with Crippen LogP contribution in [0.3, 0.4) is 0 Å². The molecule has 0 aliphatic heterocycles. The van der Waals surface area contributed by atoms with Crippen molar-refractivity contribution >= 4 is 17.6 Å². The Morgan fingerprint density at radius 2 is 2.12 bits per heavy atom. The van der Waals surface area contributed by atoms with Gasteiger partial charge in [0.05, 0.1) is 5.92 Å². The summed E-state index contributed by atoms with van der Waals surface area (Å²) in [4.78, 5) is 18.5. The first-order valence-corrected chi connectivity index (χ1v) is 5.91. The number of carbonyl (C=O) groups is 1. The predicted molar refractivity (Wildman–Crippen MR) is 61.1 cm³/mol. The largest absolute Gasteiger partial charge is 0.481 e. The number of ether oxygens (including phenoxy) is 1. The highest BCUT2D eigenvalue weighted by Crippen LogP contribution is 2.27. The van der Waals surface area contributed by atoms with Crippen LogP contribution in [0.5, 0.6) is 5.88 Å². The van der Waals surface area contributed by atoms with Gasteiger partial charge in [-0.2, -0.15) is 4.98 Å². The van der Waals surface area contributed by atoms with Crippen LogP contribution in [0.2, 0.25) is 5.28 Å². The van der Waals surface area contributed by atoms with Crippen LogP contribution in [0.25, 0.3) is 0 Å². The van der Waals surface area contributed by atoms with Gasteiger partial charge in [0, 0.05) is 12.3 Å². The Labute approximate surface area is 104 Å². The van der Waals surface area contributed by atoms with Crippen molar-refractivity contribution in [2.45, 2.75) is 31.8 Å². The van der Waals surface area contributed by atoms with Crippen LogP contribution in [0.15, 0.2) is 12.3 Å². The second-order valence-electron chi connectivity index (χ2n) is 4.09. The first-order valence-electron chi connectivity index (χ1n) is 5.53. The SMILES string of the molecule is O=C(O)[C@H]1CC[C@H](Oc2ccnc(Cl)n2)CC1. The van der Waals surface area contributed by atoms with Crippen LogP contribution in [0.1, 0.15) is 25.7 Å². The summed E-state index contributed by atoms with van der Waals surface area (Å²) in [5, 5.41) is 9.03. The van der Waals surface area contributed by atoms with Crippen molar-refractivity contribution in [3.05, 3.63) is 17.5 Å². The second-order valence-corrected chi connectivity index (χ2v) is 4.43. The Bertz CT molecular complexity index is 405. The number of aromatic nitrogens is 2. The molecule has 92 valence electrons. The molecule has 17 heavy (non-hydrogen) atoms. The van der Waals surface area contributed by atoms with E-state index in [1.54, 1.807) is 6.07 Å². The Morgan fingerprint density at radius 3 is 2.71 bits per heavy atom. The molecule has 1 saturated carbocycles. The average Bonchev–Trinajstić information content (AvgIpc) is 2.29. The highest BCUT2D eigenvalue weighted by atomic mass is 35.5. The number of nitrogens with zero attached hydrogens (tertiary/aromatic N) is 2. The van der Waals surface area contributed by atoms with Crippen LogP contribution in [-0.4, -0.2) is 27.1 Å². The summed E-state index contributed by atoms with van der Waals surface area (Å²) >= 11 is 5.65. The fourth-order valence-corrected chi connectivity index (χ4v) is 2.12. The third-order valence-electron chi connectivity index (χ3n) is 2.91. The lowest BCUT2D eigenvalue weighted by molar-refractivity contribution is -0.143. The van der Waals surface area contributed by atoms with Gasteiger partial charge in [-0.05, 0) is 37.3 Å². The van der Waals surface area contributed by atoms with Crippen molar-refractivity contribution in [3.63, 3.8) is 0 Å². The smallest absolute Gasteiger partial charge is 0.306 e. The van der Waals surface area contributed by atoms with E-state index in [2.05, 4.69) is 9.97 Å². The second kappa shape index (κ2) is 5.31. The highest BCUT2D eigenvalue weighted by molar-refractivity contribution is 6.28. The summed E-state index contributed by atoms with van der Waals surface area (Å²) in [5.41, 5.74) is 0. The van der Waals surface area contributed by atoms with Crippen LogP contribution in [0, 0.1) is 5.92 Å². The first kappa shape index (κ1) is 12.1. The van der Waals surface area contributed by atoms with Crippen LogP contribution in [0.4, 0.5) is 0 Å². The standard InChI is InChI=1S/C11H13ClN2O3/c12-11-13-6-5-9(14-11)17-8-3-1-7(2-4-8)10(15)16/h5-8H,1-4H2,(H,15,16)/t7-,8-. The fourth-order valence-electron chi connectivity index (χ4n) is 1.98. The summed E-state index contributed by atoms with van der Waals surface area (Å²) < 4.78 is 5.64. The maximum Gasteiger partial charge on any atom is 0.306 e. The maximum atomic E-state index is 10.8. The molecular formula is C11H13ClN2O3. The third kappa shape index (κ3) is 3.30. The monoisotopic (exact) mass is 256 g/mol. The van der Waals surface area contributed by atoms with Crippen molar-refractivity contribution in [1.82, 2.24) is 9.97 Å². The lowest BCUT2D eigenvalue weighted by atomic mass is 9.87. The fraction of sp³-hybridized carbons (Fsp3) is 0.545. The van der Waals surface area contributed by atoms with Gasteiger partial charge in [-0.3, -0.25) is 4.79 Å². The van der Waals surface area contributed by atoms with Gasteiger partial charge < -0.3 is 9.84 Å². The Hall–Kier alpha value is -1.36. The van der Waals surface area contributed by atoms with Crippen molar-refractivity contribution in [3.8, 4) is 5.88 Å². The van der Waals surface area contributed by atoms with Gasteiger partial charge in [0.25, 0.3) is 0 Å². The number of halogens is 1. The van der Waals surface area contributed by atoms with Gasteiger partial charge in [0.2, 0.25) is 11.2 Å². The number of hydrogen-bond acceptors (Lipinski definition) is 4. The summed E-state index contributed by atoms with van der Waals surface area (Å²) in [6.07, 6.45) is 4.33. The zero-order valence-electron chi connectivity index (χ0n) is 9.17. The molecule has 0 unspecified atom stereocenters. The van der Waals surface area contributed by atoms with E-state index in [-0.39, 0.29) is 17.3 Å². The summed E-state index contributed by atoms with van der Waals surface area (Å²) in [6.45, 7) is 0. The summed E-state index contributed by atoms with van der Waals surface area (Å²) in [5.74, 6) is -0.499. The van der Waals surface area contributed by atoms with Gasteiger partial charge in [-0.15, -0.1) is 0 Å². The molecule has 1 aliphatic carbocycles. The molecule has 1 aromatic rings. The molecule has 1 aromatic heterocycles. The number of carboxylic acids is 1. The first-order chi connectivity index (χ1) is 8.15. The van der Waals surface area contributed by atoms with Crippen LogP contribution in [-0.2, 0) is 4.79 Å². The van der Waals surface area contributed by atoms with Gasteiger partial charge in [-0.25, -0.2) is 4.98 Å². The number of rotatable bonds is 3. The summed E-state index contributed by atoms with van der Waals surface area (Å²) in [6, 6.07) is 1.65. The molecule has 1 aliphatic rings. The van der Waals surface area contributed by atoms with E-state index in [9.17, 15) is 4.79 Å². The molecule has 1 heterocycles. The maximum absolute atomic E-state index is 10.8. The molecule has 2 rings (SSSR count). The van der Waals surface area contributed by atoms with Gasteiger partial charge in [-0.1, -0.05) is 0 Å². The molecule has 5 nitrogen and oxygen atoms in total. The molecule has 6 heteroatoms. The molecule has 0 atom stereocenters. The highest BCUT2D eigenvalue weighted by Gasteiger charge is 2.27. The molecule has 0 bridgehead atoms. The third-order valence-corrected chi connectivity index (χ3v) is 3.09. The number of hydrogen-bond donors (Lipinski definition) is 1. The molecule has 0 saturated heterocycles. The molecule has 0 aromatic carbocycles. The molecule has 1 N–H and O–H groups in total. The zero-order chi connectivity index (χ0) is 12.3. The Morgan fingerprint density at radius 1 is 1.41 bits per heavy atom. The molecule has 0 spiro atoms. The van der Waals surface area contributed by atoms with Crippen molar-refractivity contribution < 1.29 is 14.6 Å². The average molecular weight is 257 g/mol. The van der Waals surface area contributed by atoms with E-state index in [0.29, 0.717) is 18.7 Å². The normalized spacial score (nSPS) is 24.3. The molecule has 0 amide bonds. The van der Waals surface area contributed by atoms with E-state index in [1.807, 2.05) is 0 Å². The molecular weight excluding hydrogens is 244 g/mol. The summed E-state index contributed by atoms with van der Waals surface area (Å²) in [7, 11) is 0. The van der Waals surface area contributed by atoms with Crippen molar-refractivity contribution in [2.75, 3.05) is 0 Å².